The van der Waals surface area contributed by atoms with Gasteiger partial charge in [-0.15, -0.1) is 11.3 Å². The summed E-state index contributed by atoms with van der Waals surface area (Å²) in [4.78, 5) is 4.01. The molecule has 0 amide bonds. The molecule has 2 bridgehead atoms. The van der Waals surface area contributed by atoms with Gasteiger partial charge in [0, 0.05) is 33.6 Å². The molecule has 4 aromatic rings. The van der Waals surface area contributed by atoms with Crippen molar-refractivity contribution in [1.29, 1.82) is 0 Å². The van der Waals surface area contributed by atoms with Crippen molar-refractivity contribution in [3.63, 3.8) is 0 Å². The van der Waals surface area contributed by atoms with E-state index in [2.05, 4.69) is 23.1 Å². The third-order valence-corrected chi connectivity index (χ3v) is 8.62. The van der Waals surface area contributed by atoms with E-state index in [0.717, 1.165) is 35.3 Å². The van der Waals surface area contributed by atoms with E-state index in [4.69, 9.17) is 13.9 Å². The second-order valence-electron chi connectivity index (χ2n) is 9.32. The summed E-state index contributed by atoms with van der Waals surface area (Å²) in [5.74, 6) is 2.32. The van der Waals surface area contributed by atoms with Crippen LogP contribution >= 0.6 is 11.3 Å². The van der Waals surface area contributed by atoms with Gasteiger partial charge < -0.3 is 19.0 Å². The highest BCUT2D eigenvalue weighted by Gasteiger charge is 2.42. The number of hydrogen-bond donors (Lipinski definition) is 1. The zero-order valence-electron chi connectivity index (χ0n) is 18.8. The monoisotopic (exact) mass is 463 g/mol. The summed E-state index contributed by atoms with van der Waals surface area (Å²) in [7, 11) is 1.75. The van der Waals surface area contributed by atoms with Gasteiger partial charge in [0.2, 0.25) is 0 Å². The molecule has 172 valence electrons. The van der Waals surface area contributed by atoms with E-state index in [0.29, 0.717) is 31.2 Å². The van der Waals surface area contributed by atoms with Crippen molar-refractivity contribution in [2.24, 2.45) is 0 Å². The van der Waals surface area contributed by atoms with Crippen LogP contribution in [0.1, 0.15) is 36.5 Å². The average Bonchev–Trinajstić information content (AvgIpc) is 3.53. The Hall–Kier alpha value is -2.54. The summed E-state index contributed by atoms with van der Waals surface area (Å²) < 4.78 is 18.3. The van der Waals surface area contributed by atoms with Crippen molar-refractivity contribution >= 4 is 32.4 Å². The molecule has 4 atom stereocenters. The number of ether oxygens (including phenoxy) is 2. The van der Waals surface area contributed by atoms with Crippen molar-refractivity contribution in [3.8, 4) is 11.5 Å². The molecular formula is C27H29NO4S. The molecule has 5 nitrogen and oxygen atoms in total. The van der Waals surface area contributed by atoms with Crippen LogP contribution < -0.4 is 9.47 Å². The summed E-state index contributed by atoms with van der Waals surface area (Å²) in [5.41, 5.74) is 0.806. The van der Waals surface area contributed by atoms with Gasteiger partial charge in [-0.25, -0.2) is 0 Å². The zero-order chi connectivity index (χ0) is 22.4. The number of methoxy groups -OCH3 is 1. The summed E-state index contributed by atoms with van der Waals surface area (Å²) in [6.07, 6.45) is 5.92. The van der Waals surface area contributed by atoms with Gasteiger partial charge in [-0.05, 0) is 68.0 Å². The normalized spacial score (nSPS) is 23.9. The van der Waals surface area contributed by atoms with Crippen molar-refractivity contribution < 1.29 is 19.0 Å². The lowest BCUT2D eigenvalue weighted by atomic mass is 9.89. The van der Waals surface area contributed by atoms with Gasteiger partial charge >= 0.3 is 0 Å². The van der Waals surface area contributed by atoms with Crippen LogP contribution in [0.4, 0.5) is 0 Å². The van der Waals surface area contributed by atoms with E-state index < -0.39 is 6.10 Å². The summed E-state index contributed by atoms with van der Waals surface area (Å²) in [6, 6.07) is 17.4. The minimum absolute atomic E-state index is 0.291. The Morgan fingerprint density at radius 1 is 1.06 bits per heavy atom. The molecule has 6 heteroatoms. The molecule has 0 saturated carbocycles. The Balaban J connectivity index is 1.10. The fourth-order valence-corrected chi connectivity index (χ4v) is 7.02. The molecule has 2 fully saturated rings. The highest BCUT2D eigenvalue weighted by Crippen LogP contribution is 2.46. The zero-order valence-corrected chi connectivity index (χ0v) is 19.6. The van der Waals surface area contributed by atoms with Crippen molar-refractivity contribution in [1.82, 2.24) is 4.90 Å². The molecule has 6 rings (SSSR count). The van der Waals surface area contributed by atoms with Gasteiger partial charge in [0.25, 0.3) is 0 Å². The third kappa shape index (κ3) is 3.90. The molecule has 0 radical (unpaired) electrons. The third-order valence-electron chi connectivity index (χ3n) is 7.36. The second kappa shape index (κ2) is 8.67. The molecule has 33 heavy (non-hydrogen) atoms. The Morgan fingerprint density at radius 3 is 2.67 bits per heavy atom. The number of thiophene rings is 1. The molecular weight excluding hydrogens is 434 g/mol. The van der Waals surface area contributed by atoms with Crippen LogP contribution in [-0.2, 0) is 0 Å². The molecule has 2 aliphatic heterocycles. The largest absolute Gasteiger partial charge is 0.496 e. The molecule has 0 spiro atoms. The lowest BCUT2D eigenvalue weighted by Crippen LogP contribution is -2.47. The second-order valence-corrected chi connectivity index (χ2v) is 10.4. The van der Waals surface area contributed by atoms with E-state index in [1.807, 2.05) is 41.7 Å². The van der Waals surface area contributed by atoms with Crippen molar-refractivity contribution in [2.45, 2.75) is 49.8 Å². The number of nitrogens with zero attached hydrogens (tertiary/aromatic N) is 1. The van der Waals surface area contributed by atoms with Gasteiger partial charge in [0.15, 0.2) is 0 Å². The first-order chi connectivity index (χ1) is 16.2. The predicted octanol–water partition coefficient (Wildman–Crippen LogP) is 5.81. The summed E-state index contributed by atoms with van der Waals surface area (Å²) in [5, 5.41) is 13.0. The molecule has 1 N–H and O–H groups in total. The SMILES string of the molecule is COc1cccc2sc(C3C[C@H]4CC[C@@H](C3)N4C[C@H](O)COc3cccc4occc34)cc12. The Kier molecular flexibility index (Phi) is 5.52. The first-order valence-electron chi connectivity index (χ1n) is 11.8. The number of piperidine rings is 1. The van der Waals surface area contributed by atoms with Gasteiger partial charge in [-0.1, -0.05) is 12.1 Å². The maximum atomic E-state index is 10.8. The fourth-order valence-electron chi connectivity index (χ4n) is 5.81. The van der Waals surface area contributed by atoms with Crippen LogP contribution in [0.15, 0.2) is 59.2 Å². The van der Waals surface area contributed by atoms with Gasteiger partial charge in [0.1, 0.15) is 29.8 Å². The average molecular weight is 464 g/mol. The first-order valence-corrected chi connectivity index (χ1v) is 12.6. The molecule has 2 aliphatic rings. The van der Waals surface area contributed by atoms with Crippen molar-refractivity contribution in [2.75, 3.05) is 20.3 Å². The Bertz CT molecular complexity index is 1250. The lowest BCUT2D eigenvalue weighted by molar-refractivity contribution is 0.0323. The van der Waals surface area contributed by atoms with Crippen LogP contribution in [0, 0.1) is 0 Å². The molecule has 1 unspecified atom stereocenters. The van der Waals surface area contributed by atoms with Gasteiger partial charge in [-0.2, -0.15) is 0 Å². The number of fused-ring (bicyclic) bond motifs is 4. The van der Waals surface area contributed by atoms with Gasteiger partial charge in [-0.3, -0.25) is 4.90 Å². The Labute approximate surface area is 197 Å². The fraction of sp³-hybridized carbons (Fsp3) is 0.407. The highest BCUT2D eigenvalue weighted by molar-refractivity contribution is 7.19. The number of hydrogen-bond acceptors (Lipinski definition) is 6. The number of benzene rings is 2. The van der Waals surface area contributed by atoms with Crippen LogP contribution in [-0.4, -0.2) is 48.5 Å². The highest BCUT2D eigenvalue weighted by atomic mass is 32.1. The first kappa shape index (κ1) is 21.0. The molecule has 4 heterocycles. The van der Waals surface area contributed by atoms with E-state index in [-0.39, 0.29) is 0 Å². The lowest BCUT2D eigenvalue weighted by Gasteiger charge is -2.39. The summed E-state index contributed by atoms with van der Waals surface area (Å²) in [6.45, 7) is 0.962. The minimum Gasteiger partial charge on any atom is -0.496 e. The van der Waals surface area contributed by atoms with Crippen molar-refractivity contribution in [3.05, 3.63) is 59.7 Å². The van der Waals surface area contributed by atoms with Gasteiger partial charge in [0.05, 0.1) is 18.8 Å². The van der Waals surface area contributed by atoms with E-state index in [1.54, 1.807) is 13.4 Å². The minimum atomic E-state index is -0.514. The summed E-state index contributed by atoms with van der Waals surface area (Å²) >= 11 is 1.91. The molecule has 0 aliphatic carbocycles. The predicted molar refractivity (Wildman–Crippen MR) is 132 cm³/mol. The molecule has 2 aromatic heterocycles. The topological polar surface area (TPSA) is 55.1 Å². The quantitative estimate of drug-likeness (QED) is 0.375. The number of aliphatic hydroxyl groups is 1. The van der Waals surface area contributed by atoms with Crippen LogP contribution in [0.25, 0.3) is 21.1 Å². The van der Waals surface area contributed by atoms with Crippen LogP contribution in [0.5, 0.6) is 11.5 Å². The van der Waals surface area contributed by atoms with E-state index in [1.165, 1.54) is 27.8 Å². The van der Waals surface area contributed by atoms with Crippen LogP contribution in [0.2, 0.25) is 0 Å². The smallest absolute Gasteiger partial charge is 0.137 e. The maximum Gasteiger partial charge on any atom is 0.137 e. The molecule has 2 aromatic carbocycles. The maximum absolute atomic E-state index is 10.8. The van der Waals surface area contributed by atoms with E-state index >= 15 is 0 Å². The van der Waals surface area contributed by atoms with Crippen LogP contribution in [0.3, 0.4) is 0 Å². The molecule has 2 saturated heterocycles. The number of rotatable bonds is 7. The Morgan fingerprint density at radius 2 is 1.85 bits per heavy atom. The number of aliphatic hydroxyl groups excluding tert-OH is 1. The standard InChI is InChI=1S/C27H29NO4S/c1-30-23-4-3-7-26-22(23)14-27(33-26)17-12-18-8-9-19(13-17)28(18)15-20(29)16-32-25-6-2-5-24-21(25)10-11-31-24/h2-7,10-11,14,17-20,29H,8-9,12-13,15-16H2,1H3/t17?,18-,19+,20-/m0/s1. The van der Waals surface area contributed by atoms with E-state index in [9.17, 15) is 5.11 Å². The number of furan rings is 1.